The molecule has 0 bridgehead atoms. The Labute approximate surface area is 147 Å². The predicted octanol–water partition coefficient (Wildman–Crippen LogP) is 2.51. The highest BCUT2D eigenvalue weighted by atomic mass is 35.5. The molecule has 2 aromatic rings. The molecule has 2 heterocycles. The fraction of sp³-hybridized carbons (Fsp3) is 0.250. The summed E-state index contributed by atoms with van der Waals surface area (Å²) in [6, 6.07) is 10.5. The lowest BCUT2D eigenvalue weighted by Crippen LogP contribution is -2.42. The van der Waals surface area contributed by atoms with Gasteiger partial charge in [-0.05, 0) is 24.3 Å². The van der Waals surface area contributed by atoms with E-state index in [0.29, 0.717) is 27.3 Å². The number of esters is 1. The van der Waals surface area contributed by atoms with Gasteiger partial charge in [-0.2, -0.15) is 0 Å². The molecule has 24 heavy (non-hydrogen) atoms. The number of fused-ring (bicyclic) bond motifs is 1. The molecule has 1 N–H and O–H groups in total. The molecule has 0 aliphatic carbocycles. The minimum Gasteiger partial charge on any atom is -0.486 e. The van der Waals surface area contributed by atoms with Crippen LogP contribution in [-0.4, -0.2) is 37.7 Å². The zero-order valence-electron chi connectivity index (χ0n) is 12.5. The minimum absolute atomic E-state index is 0.259. The first-order valence-electron chi connectivity index (χ1n) is 7.19. The predicted molar refractivity (Wildman–Crippen MR) is 89.0 cm³/mol. The number of hydrogen-bond acceptors (Lipinski definition) is 6. The topological polar surface area (TPSA) is 73.9 Å². The Morgan fingerprint density at radius 2 is 2.04 bits per heavy atom. The maximum atomic E-state index is 11.8. The highest BCUT2D eigenvalue weighted by Crippen LogP contribution is 2.30. The monoisotopic (exact) mass is 367 g/mol. The molecular weight excluding hydrogens is 354 g/mol. The standard InChI is InChI=1S/C16H14ClNO5S/c17-14-6-5-13(24-14)16(20)22-9-15(19)18-7-10-8-21-11-3-1-2-4-12(11)23-10/h1-6,10H,7-9H2,(H,18,19)/t10-/m1/s1. The number of halogens is 1. The zero-order valence-corrected chi connectivity index (χ0v) is 14.1. The molecule has 1 aliphatic rings. The Kier molecular flexibility index (Phi) is 5.22. The second-order valence-electron chi connectivity index (χ2n) is 4.98. The molecule has 0 fully saturated rings. The maximum absolute atomic E-state index is 11.8. The highest BCUT2D eigenvalue weighted by Gasteiger charge is 2.21. The van der Waals surface area contributed by atoms with Crippen molar-refractivity contribution in [1.82, 2.24) is 5.32 Å². The Morgan fingerprint density at radius 1 is 1.25 bits per heavy atom. The first-order valence-corrected chi connectivity index (χ1v) is 8.39. The number of benzene rings is 1. The van der Waals surface area contributed by atoms with Gasteiger partial charge in [-0.1, -0.05) is 23.7 Å². The summed E-state index contributed by atoms with van der Waals surface area (Å²) in [5, 5.41) is 2.65. The van der Waals surface area contributed by atoms with Crippen molar-refractivity contribution in [2.75, 3.05) is 19.8 Å². The number of thiophene rings is 1. The van der Waals surface area contributed by atoms with E-state index in [4.69, 9.17) is 25.8 Å². The van der Waals surface area contributed by atoms with Crippen molar-refractivity contribution in [3.05, 3.63) is 45.6 Å². The second-order valence-corrected chi connectivity index (χ2v) is 6.70. The summed E-state index contributed by atoms with van der Waals surface area (Å²) in [5.74, 6) is 0.342. The van der Waals surface area contributed by atoms with Gasteiger partial charge in [-0.3, -0.25) is 4.79 Å². The summed E-state index contributed by atoms with van der Waals surface area (Å²) in [6.45, 7) is 0.235. The van der Waals surface area contributed by atoms with Crippen LogP contribution in [0.25, 0.3) is 0 Å². The van der Waals surface area contributed by atoms with Crippen molar-refractivity contribution in [3.8, 4) is 11.5 Å². The lowest BCUT2D eigenvalue weighted by Gasteiger charge is -2.26. The second kappa shape index (κ2) is 7.55. The number of hydrogen-bond donors (Lipinski definition) is 1. The molecular formula is C16H14ClNO5S. The molecule has 1 aromatic carbocycles. The Bertz CT molecular complexity index is 748. The SMILES string of the molecule is O=C(COC(=O)c1ccc(Cl)s1)NC[C@@H]1COc2ccccc2O1. The Balaban J connectivity index is 1.41. The smallest absolute Gasteiger partial charge is 0.348 e. The van der Waals surface area contributed by atoms with Gasteiger partial charge in [0.1, 0.15) is 17.6 Å². The first kappa shape index (κ1) is 16.6. The van der Waals surface area contributed by atoms with Gasteiger partial charge in [-0.25, -0.2) is 4.79 Å². The number of carbonyl (C=O) groups is 2. The van der Waals surface area contributed by atoms with Crippen molar-refractivity contribution >= 4 is 34.8 Å². The molecule has 126 valence electrons. The van der Waals surface area contributed by atoms with Crippen LogP contribution in [0.2, 0.25) is 4.34 Å². The van der Waals surface area contributed by atoms with Crippen LogP contribution in [0.15, 0.2) is 36.4 Å². The van der Waals surface area contributed by atoms with Gasteiger partial charge >= 0.3 is 5.97 Å². The number of carbonyl (C=O) groups excluding carboxylic acids is 2. The summed E-state index contributed by atoms with van der Waals surface area (Å²) >= 11 is 6.84. The number of rotatable bonds is 5. The largest absolute Gasteiger partial charge is 0.486 e. The Morgan fingerprint density at radius 3 is 2.79 bits per heavy atom. The lowest BCUT2D eigenvalue weighted by atomic mass is 10.2. The molecule has 0 saturated carbocycles. The van der Waals surface area contributed by atoms with Gasteiger partial charge in [-0.15, -0.1) is 11.3 Å². The maximum Gasteiger partial charge on any atom is 0.348 e. The van der Waals surface area contributed by atoms with Crippen LogP contribution in [0, 0.1) is 0 Å². The summed E-state index contributed by atoms with van der Waals surface area (Å²) in [6.07, 6.45) is -0.296. The van der Waals surface area contributed by atoms with Crippen LogP contribution in [-0.2, 0) is 9.53 Å². The van der Waals surface area contributed by atoms with Crippen LogP contribution >= 0.6 is 22.9 Å². The third-order valence-corrected chi connectivity index (χ3v) is 4.41. The van der Waals surface area contributed by atoms with Crippen LogP contribution < -0.4 is 14.8 Å². The van der Waals surface area contributed by atoms with Crippen molar-refractivity contribution in [2.24, 2.45) is 0 Å². The quantitative estimate of drug-likeness (QED) is 0.822. The highest BCUT2D eigenvalue weighted by molar-refractivity contribution is 7.17. The van der Waals surface area contributed by atoms with Crippen LogP contribution in [0.3, 0.4) is 0 Å². The molecule has 1 atom stereocenters. The van der Waals surface area contributed by atoms with Crippen molar-refractivity contribution in [1.29, 1.82) is 0 Å². The van der Waals surface area contributed by atoms with Crippen molar-refractivity contribution in [2.45, 2.75) is 6.10 Å². The van der Waals surface area contributed by atoms with E-state index in [-0.39, 0.29) is 19.3 Å². The molecule has 6 nitrogen and oxygen atoms in total. The molecule has 0 unspecified atom stereocenters. The third-order valence-electron chi connectivity index (χ3n) is 3.20. The zero-order chi connectivity index (χ0) is 16.9. The lowest BCUT2D eigenvalue weighted by molar-refractivity contribution is -0.124. The summed E-state index contributed by atoms with van der Waals surface area (Å²) in [4.78, 5) is 23.8. The molecule has 0 spiro atoms. The van der Waals surface area contributed by atoms with Gasteiger partial charge in [0.25, 0.3) is 5.91 Å². The van der Waals surface area contributed by atoms with E-state index >= 15 is 0 Å². The molecule has 3 rings (SSSR count). The fourth-order valence-corrected chi connectivity index (χ4v) is 3.01. The van der Waals surface area contributed by atoms with Crippen molar-refractivity contribution < 1.29 is 23.8 Å². The van der Waals surface area contributed by atoms with E-state index in [0.717, 1.165) is 11.3 Å². The number of amides is 1. The van der Waals surface area contributed by atoms with Crippen molar-refractivity contribution in [3.63, 3.8) is 0 Å². The van der Waals surface area contributed by atoms with Crippen LogP contribution in [0.4, 0.5) is 0 Å². The van der Waals surface area contributed by atoms with Gasteiger partial charge in [0.15, 0.2) is 18.1 Å². The number of nitrogens with one attached hydrogen (secondary N) is 1. The molecule has 1 aliphatic heterocycles. The molecule has 1 aromatic heterocycles. The normalized spacial score (nSPS) is 15.6. The van der Waals surface area contributed by atoms with Gasteiger partial charge in [0.2, 0.25) is 0 Å². The van der Waals surface area contributed by atoms with E-state index in [9.17, 15) is 9.59 Å². The average Bonchev–Trinajstić information content (AvgIpc) is 3.04. The van der Waals surface area contributed by atoms with Gasteiger partial charge in [0, 0.05) is 0 Å². The fourth-order valence-electron chi connectivity index (χ4n) is 2.07. The van der Waals surface area contributed by atoms with E-state index < -0.39 is 11.9 Å². The minimum atomic E-state index is -0.576. The van der Waals surface area contributed by atoms with Crippen LogP contribution in [0.5, 0.6) is 11.5 Å². The summed E-state index contributed by atoms with van der Waals surface area (Å²) in [7, 11) is 0. The number of para-hydroxylation sites is 2. The van der Waals surface area contributed by atoms with E-state index in [1.165, 1.54) is 0 Å². The molecule has 0 saturated heterocycles. The third kappa shape index (κ3) is 4.18. The van der Waals surface area contributed by atoms with Crippen LogP contribution in [0.1, 0.15) is 9.67 Å². The van der Waals surface area contributed by atoms with Gasteiger partial charge < -0.3 is 19.5 Å². The Hall–Kier alpha value is -2.25. The van der Waals surface area contributed by atoms with E-state index in [2.05, 4.69) is 5.32 Å². The molecule has 8 heteroatoms. The first-order chi connectivity index (χ1) is 11.6. The summed E-state index contributed by atoms with van der Waals surface area (Å²) in [5.41, 5.74) is 0. The molecule has 0 radical (unpaired) electrons. The molecule has 1 amide bonds. The van der Waals surface area contributed by atoms with E-state index in [1.54, 1.807) is 18.2 Å². The number of ether oxygens (including phenoxy) is 3. The summed E-state index contributed by atoms with van der Waals surface area (Å²) < 4.78 is 16.7. The average molecular weight is 368 g/mol. The van der Waals surface area contributed by atoms with E-state index in [1.807, 2.05) is 18.2 Å². The van der Waals surface area contributed by atoms with Gasteiger partial charge in [0.05, 0.1) is 10.9 Å².